The maximum absolute atomic E-state index is 11.7. The molecule has 0 atom stereocenters. The first-order valence-corrected chi connectivity index (χ1v) is 5.03. The van der Waals surface area contributed by atoms with Crippen LogP contribution in [0.2, 0.25) is 0 Å². The monoisotopic (exact) mass is 220 g/mol. The first-order valence-electron chi connectivity index (χ1n) is 5.03. The molecule has 1 N–H and O–H groups in total. The molecule has 2 aromatic rings. The highest BCUT2D eigenvalue weighted by atomic mass is 16.5. The lowest BCUT2D eigenvalue weighted by molar-refractivity contribution is 0.0526. The number of fused-ring (bicyclic) bond motifs is 1. The summed E-state index contributed by atoms with van der Waals surface area (Å²) in [4.78, 5) is 11.7. The first kappa shape index (κ1) is 10.5. The van der Waals surface area contributed by atoms with E-state index in [0.717, 1.165) is 0 Å². The van der Waals surface area contributed by atoms with E-state index in [2.05, 4.69) is 0 Å². The number of furan rings is 1. The number of esters is 1. The van der Waals surface area contributed by atoms with Crippen molar-refractivity contribution in [2.75, 3.05) is 6.61 Å². The zero-order valence-electron chi connectivity index (χ0n) is 9.11. The number of hydrogen-bond donors (Lipinski definition) is 1. The van der Waals surface area contributed by atoms with Gasteiger partial charge in [-0.1, -0.05) is 6.07 Å². The van der Waals surface area contributed by atoms with Crippen LogP contribution in [-0.2, 0) is 4.74 Å². The molecule has 4 nitrogen and oxygen atoms in total. The van der Waals surface area contributed by atoms with Crippen molar-refractivity contribution < 1.29 is 19.1 Å². The van der Waals surface area contributed by atoms with E-state index in [9.17, 15) is 9.90 Å². The van der Waals surface area contributed by atoms with E-state index in [4.69, 9.17) is 9.15 Å². The number of aryl methyl sites for hydroxylation is 1. The Morgan fingerprint density at radius 2 is 2.25 bits per heavy atom. The molecule has 2 rings (SSSR count). The van der Waals surface area contributed by atoms with E-state index >= 15 is 0 Å². The lowest BCUT2D eigenvalue weighted by Crippen LogP contribution is -2.05. The second-order valence-electron chi connectivity index (χ2n) is 3.40. The Bertz CT molecular complexity index is 539. The summed E-state index contributed by atoms with van der Waals surface area (Å²) in [5, 5.41) is 10.1. The van der Waals surface area contributed by atoms with E-state index in [1.165, 1.54) is 6.07 Å². The second kappa shape index (κ2) is 3.89. The summed E-state index contributed by atoms with van der Waals surface area (Å²) in [6.07, 6.45) is 0. The zero-order chi connectivity index (χ0) is 11.7. The average molecular weight is 220 g/mol. The number of phenols is 1. The van der Waals surface area contributed by atoms with Crippen LogP contribution >= 0.6 is 0 Å². The van der Waals surface area contributed by atoms with Crippen molar-refractivity contribution in [1.29, 1.82) is 0 Å². The van der Waals surface area contributed by atoms with Crippen molar-refractivity contribution in [3.8, 4) is 5.75 Å². The molecule has 0 fully saturated rings. The molecule has 0 aliphatic heterocycles. The Hall–Kier alpha value is -1.97. The molecule has 0 bridgehead atoms. The van der Waals surface area contributed by atoms with Gasteiger partial charge in [-0.25, -0.2) is 4.79 Å². The third kappa shape index (κ3) is 1.52. The zero-order valence-corrected chi connectivity index (χ0v) is 9.11. The lowest BCUT2D eigenvalue weighted by atomic mass is 10.1. The summed E-state index contributed by atoms with van der Waals surface area (Å²) in [6.45, 7) is 3.69. The second-order valence-corrected chi connectivity index (χ2v) is 3.40. The Kier molecular flexibility index (Phi) is 2.56. The minimum Gasteiger partial charge on any atom is -0.507 e. The molecule has 0 saturated carbocycles. The SMILES string of the molecule is CCOC(=O)c1c(C)oc2cccc(O)c12. The van der Waals surface area contributed by atoms with Crippen LogP contribution in [0, 0.1) is 6.92 Å². The standard InChI is InChI=1S/C12H12O4/c1-3-15-12(14)10-7(2)16-9-6-4-5-8(13)11(9)10/h4-6,13H,3H2,1-2H3. The van der Waals surface area contributed by atoms with Crippen molar-refractivity contribution in [3.63, 3.8) is 0 Å². The van der Waals surface area contributed by atoms with Crippen molar-refractivity contribution >= 4 is 16.9 Å². The number of hydrogen-bond acceptors (Lipinski definition) is 4. The van der Waals surface area contributed by atoms with Gasteiger partial charge in [-0.15, -0.1) is 0 Å². The largest absolute Gasteiger partial charge is 0.507 e. The Morgan fingerprint density at radius 1 is 1.50 bits per heavy atom. The molecule has 1 aromatic carbocycles. The predicted octanol–water partition coefficient (Wildman–Crippen LogP) is 2.62. The first-order chi connectivity index (χ1) is 7.65. The van der Waals surface area contributed by atoms with E-state index in [0.29, 0.717) is 28.9 Å². The van der Waals surface area contributed by atoms with Crippen molar-refractivity contribution in [3.05, 3.63) is 29.5 Å². The Balaban J connectivity index is 2.68. The fourth-order valence-electron chi connectivity index (χ4n) is 1.70. The number of ether oxygens (including phenoxy) is 1. The number of rotatable bonds is 2. The smallest absolute Gasteiger partial charge is 0.342 e. The molecule has 4 heteroatoms. The van der Waals surface area contributed by atoms with Crippen LogP contribution in [-0.4, -0.2) is 17.7 Å². The maximum atomic E-state index is 11.7. The molecule has 0 aliphatic rings. The van der Waals surface area contributed by atoms with Crippen LogP contribution in [0.25, 0.3) is 11.0 Å². The summed E-state index contributed by atoms with van der Waals surface area (Å²) in [5.74, 6) is 0.00704. The Morgan fingerprint density at radius 3 is 2.94 bits per heavy atom. The van der Waals surface area contributed by atoms with Gasteiger partial charge in [0.05, 0.1) is 12.0 Å². The van der Waals surface area contributed by atoms with Gasteiger partial charge < -0.3 is 14.3 Å². The molecule has 1 heterocycles. The van der Waals surface area contributed by atoms with E-state index in [1.807, 2.05) is 0 Å². The van der Waals surface area contributed by atoms with Gasteiger partial charge in [-0.05, 0) is 26.0 Å². The van der Waals surface area contributed by atoms with Gasteiger partial charge in [0.1, 0.15) is 22.7 Å². The summed E-state index contributed by atoms with van der Waals surface area (Å²) in [7, 11) is 0. The quantitative estimate of drug-likeness (QED) is 0.790. The topological polar surface area (TPSA) is 59.7 Å². The number of carbonyl (C=O) groups excluding carboxylic acids is 1. The van der Waals surface area contributed by atoms with Crippen LogP contribution in [0.1, 0.15) is 23.0 Å². The Labute approximate surface area is 92.4 Å². The molecule has 84 valence electrons. The molecule has 0 radical (unpaired) electrons. The van der Waals surface area contributed by atoms with E-state index in [-0.39, 0.29) is 5.75 Å². The van der Waals surface area contributed by atoms with Crippen LogP contribution in [0.3, 0.4) is 0 Å². The van der Waals surface area contributed by atoms with Gasteiger partial charge in [-0.3, -0.25) is 0 Å². The third-order valence-electron chi connectivity index (χ3n) is 2.35. The van der Waals surface area contributed by atoms with Gasteiger partial charge in [0.2, 0.25) is 0 Å². The van der Waals surface area contributed by atoms with Gasteiger partial charge in [0, 0.05) is 0 Å². The fourth-order valence-corrected chi connectivity index (χ4v) is 1.70. The summed E-state index contributed by atoms with van der Waals surface area (Å²) >= 11 is 0. The predicted molar refractivity (Wildman–Crippen MR) is 58.6 cm³/mol. The molecule has 16 heavy (non-hydrogen) atoms. The van der Waals surface area contributed by atoms with Gasteiger partial charge in [0.15, 0.2) is 0 Å². The molecular weight excluding hydrogens is 208 g/mol. The minimum absolute atomic E-state index is 0.0254. The van der Waals surface area contributed by atoms with Crippen LogP contribution < -0.4 is 0 Å². The number of phenolic OH excluding ortho intramolecular Hbond substituents is 1. The highest BCUT2D eigenvalue weighted by Gasteiger charge is 2.21. The molecule has 0 saturated heterocycles. The number of carbonyl (C=O) groups is 1. The van der Waals surface area contributed by atoms with E-state index in [1.54, 1.807) is 26.0 Å². The highest BCUT2D eigenvalue weighted by molar-refractivity contribution is 6.06. The summed E-state index contributed by atoms with van der Waals surface area (Å²) in [6, 6.07) is 4.88. The van der Waals surface area contributed by atoms with Gasteiger partial charge in [-0.2, -0.15) is 0 Å². The molecule has 0 amide bonds. The van der Waals surface area contributed by atoms with Crippen molar-refractivity contribution in [1.82, 2.24) is 0 Å². The van der Waals surface area contributed by atoms with E-state index < -0.39 is 5.97 Å². The molecule has 1 aromatic heterocycles. The summed E-state index contributed by atoms with van der Waals surface area (Å²) < 4.78 is 10.3. The van der Waals surface area contributed by atoms with Crippen LogP contribution in [0.15, 0.2) is 22.6 Å². The average Bonchev–Trinajstić information content (AvgIpc) is 2.56. The van der Waals surface area contributed by atoms with Gasteiger partial charge >= 0.3 is 5.97 Å². The van der Waals surface area contributed by atoms with Crippen LogP contribution in [0.4, 0.5) is 0 Å². The lowest BCUT2D eigenvalue weighted by Gasteiger charge is -2.01. The van der Waals surface area contributed by atoms with Crippen molar-refractivity contribution in [2.45, 2.75) is 13.8 Å². The normalized spacial score (nSPS) is 10.6. The number of benzene rings is 1. The molecule has 0 unspecified atom stereocenters. The molecule has 0 spiro atoms. The number of aromatic hydroxyl groups is 1. The molecular formula is C12H12O4. The third-order valence-corrected chi connectivity index (χ3v) is 2.35. The minimum atomic E-state index is -0.472. The summed E-state index contributed by atoms with van der Waals surface area (Å²) in [5.41, 5.74) is 0.788. The molecule has 0 aliphatic carbocycles. The van der Waals surface area contributed by atoms with Crippen molar-refractivity contribution in [2.24, 2.45) is 0 Å². The fraction of sp³-hybridized carbons (Fsp3) is 0.250. The maximum Gasteiger partial charge on any atom is 0.342 e. The van der Waals surface area contributed by atoms with Crippen LogP contribution in [0.5, 0.6) is 5.75 Å². The highest BCUT2D eigenvalue weighted by Crippen LogP contribution is 2.32. The van der Waals surface area contributed by atoms with Gasteiger partial charge in [0.25, 0.3) is 0 Å².